The van der Waals surface area contributed by atoms with Gasteiger partial charge in [0.2, 0.25) is 0 Å². The Morgan fingerprint density at radius 3 is 2.67 bits per heavy atom. The number of likely N-dealkylation sites (tertiary alicyclic amines) is 1. The summed E-state index contributed by atoms with van der Waals surface area (Å²) in [6.07, 6.45) is 2.90. The monoisotopic (exact) mass is 418 g/mol. The average Bonchev–Trinajstić information content (AvgIpc) is 2.65. The van der Waals surface area contributed by atoms with Gasteiger partial charge in [0, 0.05) is 19.6 Å². The fraction of sp³-hybridized carbons (Fsp3) is 0.529. The van der Waals surface area contributed by atoms with Gasteiger partial charge in [-0.25, -0.2) is 13.2 Å². The maximum atomic E-state index is 12.3. The van der Waals surface area contributed by atoms with Crippen LogP contribution in [0.15, 0.2) is 23.1 Å². The molecule has 1 aromatic rings. The van der Waals surface area contributed by atoms with Crippen LogP contribution in [-0.4, -0.2) is 63.0 Å². The number of sulfonamides is 1. The van der Waals surface area contributed by atoms with E-state index in [1.165, 1.54) is 26.3 Å². The van der Waals surface area contributed by atoms with Gasteiger partial charge in [-0.15, -0.1) is 0 Å². The molecule has 0 radical (unpaired) electrons. The highest BCUT2D eigenvalue weighted by atomic mass is 35.5. The lowest BCUT2D eigenvalue weighted by Crippen LogP contribution is -2.44. The highest BCUT2D eigenvalue weighted by molar-refractivity contribution is 7.89. The number of hydrogen-bond donors (Lipinski definition) is 0. The molecule has 8 nitrogen and oxygen atoms in total. The highest BCUT2D eigenvalue weighted by Crippen LogP contribution is 2.23. The molecule has 150 valence electrons. The van der Waals surface area contributed by atoms with Crippen LogP contribution in [0.3, 0.4) is 0 Å². The number of halogens is 1. The standard InChI is InChI=1S/C17H23ClN2O6S/c1-12-6-4-5-9-20(12)16(21)11-26-17(22)14-10-13(7-8-15(14)18)27(23,24)19(2)25-3/h7-8,10,12H,4-6,9,11H2,1-3H3/t12-/m1/s1. The lowest BCUT2D eigenvalue weighted by Gasteiger charge is -2.33. The van der Waals surface area contributed by atoms with Crippen LogP contribution in [0, 0.1) is 0 Å². The molecule has 0 aliphatic carbocycles. The highest BCUT2D eigenvalue weighted by Gasteiger charge is 2.26. The van der Waals surface area contributed by atoms with Gasteiger partial charge in [0.1, 0.15) is 0 Å². The van der Waals surface area contributed by atoms with Crippen LogP contribution in [0.1, 0.15) is 36.5 Å². The van der Waals surface area contributed by atoms with E-state index in [2.05, 4.69) is 0 Å². The van der Waals surface area contributed by atoms with Crippen molar-refractivity contribution >= 4 is 33.5 Å². The summed E-state index contributed by atoms with van der Waals surface area (Å²) in [7, 11) is -1.52. The molecule has 10 heteroatoms. The second-order valence-electron chi connectivity index (χ2n) is 6.25. The Morgan fingerprint density at radius 1 is 1.33 bits per heavy atom. The molecule has 1 saturated heterocycles. The number of carbonyl (C=O) groups is 2. The number of carbonyl (C=O) groups excluding carboxylic acids is 2. The molecule has 0 spiro atoms. The van der Waals surface area contributed by atoms with Crippen molar-refractivity contribution in [2.24, 2.45) is 0 Å². The third-order valence-corrected chi connectivity index (χ3v) is 6.51. The number of hydroxylamine groups is 1. The summed E-state index contributed by atoms with van der Waals surface area (Å²) < 4.78 is 30.3. The first-order chi connectivity index (χ1) is 12.7. The molecule has 27 heavy (non-hydrogen) atoms. The Kier molecular flexibility index (Phi) is 7.21. The second-order valence-corrected chi connectivity index (χ2v) is 8.59. The number of hydrogen-bond acceptors (Lipinski definition) is 6. The van der Waals surface area contributed by atoms with Gasteiger partial charge >= 0.3 is 5.97 Å². The van der Waals surface area contributed by atoms with Crippen molar-refractivity contribution in [3.8, 4) is 0 Å². The number of benzene rings is 1. The number of amides is 1. The van der Waals surface area contributed by atoms with E-state index in [9.17, 15) is 18.0 Å². The summed E-state index contributed by atoms with van der Waals surface area (Å²) >= 11 is 6.01. The number of esters is 1. The average molecular weight is 419 g/mol. The van der Waals surface area contributed by atoms with E-state index >= 15 is 0 Å². The van der Waals surface area contributed by atoms with Crippen LogP contribution in [0.4, 0.5) is 0 Å². The van der Waals surface area contributed by atoms with Gasteiger partial charge in [0.25, 0.3) is 15.9 Å². The van der Waals surface area contributed by atoms with Crippen LogP contribution < -0.4 is 0 Å². The first kappa shape index (κ1) is 21.6. The zero-order valence-electron chi connectivity index (χ0n) is 15.5. The van der Waals surface area contributed by atoms with Crippen molar-refractivity contribution in [3.05, 3.63) is 28.8 Å². The van der Waals surface area contributed by atoms with Crippen molar-refractivity contribution in [2.75, 3.05) is 27.3 Å². The molecule has 1 amide bonds. The largest absolute Gasteiger partial charge is 0.452 e. The summed E-state index contributed by atoms with van der Waals surface area (Å²) in [6, 6.07) is 3.74. The molecule has 2 rings (SSSR count). The molecule has 1 aliphatic rings. The van der Waals surface area contributed by atoms with E-state index in [0.717, 1.165) is 25.3 Å². The Labute approximate surface area is 164 Å². The molecule has 0 bridgehead atoms. The molecular weight excluding hydrogens is 396 g/mol. The normalized spacial score (nSPS) is 17.8. The van der Waals surface area contributed by atoms with Gasteiger partial charge in [0.05, 0.1) is 22.6 Å². The summed E-state index contributed by atoms with van der Waals surface area (Å²) in [5, 5.41) is 0.0257. The molecule has 1 fully saturated rings. The van der Waals surface area contributed by atoms with E-state index in [0.29, 0.717) is 11.0 Å². The Morgan fingerprint density at radius 2 is 2.04 bits per heavy atom. The fourth-order valence-electron chi connectivity index (χ4n) is 2.82. The molecule has 1 aromatic carbocycles. The number of nitrogens with zero attached hydrogens (tertiary/aromatic N) is 2. The molecule has 0 aromatic heterocycles. The van der Waals surface area contributed by atoms with Crippen LogP contribution >= 0.6 is 11.6 Å². The Bertz CT molecular complexity index is 814. The maximum absolute atomic E-state index is 12.3. The third-order valence-electron chi connectivity index (χ3n) is 4.50. The van der Waals surface area contributed by atoms with Crippen molar-refractivity contribution in [3.63, 3.8) is 0 Å². The molecule has 1 heterocycles. The summed E-state index contributed by atoms with van der Waals surface area (Å²) in [4.78, 5) is 30.8. The number of piperidine rings is 1. The molecular formula is C17H23ClN2O6S. The van der Waals surface area contributed by atoms with Crippen molar-refractivity contribution in [2.45, 2.75) is 37.1 Å². The maximum Gasteiger partial charge on any atom is 0.340 e. The zero-order valence-corrected chi connectivity index (χ0v) is 17.0. The van der Waals surface area contributed by atoms with E-state index in [1.54, 1.807) is 4.90 Å². The lowest BCUT2D eigenvalue weighted by atomic mass is 10.0. The molecule has 1 aliphatic heterocycles. The predicted octanol–water partition coefficient (Wildman–Crippen LogP) is 2.08. The van der Waals surface area contributed by atoms with Gasteiger partial charge < -0.3 is 9.64 Å². The van der Waals surface area contributed by atoms with Gasteiger partial charge in [0.15, 0.2) is 6.61 Å². The topological polar surface area (TPSA) is 93.2 Å². The lowest BCUT2D eigenvalue weighted by molar-refractivity contribution is -0.137. The number of ether oxygens (including phenoxy) is 1. The molecule has 0 unspecified atom stereocenters. The fourth-order valence-corrected chi connectivity index (χ4v) is 4.02. The molecule has 0 saturated carbocycles. The summed E-state index contributed by atoms with van der Waals surface area (Å²) in [5.74, 6) is -1.15. The quantitative estimate of drug-likeness (QED) is 0.518. The Hall–Kier alpha value is -1.68. The smallest absolute Gasteiger partial charge is 0.340 e. The first-order valence-corrected chi connectivity index (χ1v) is 10.3. The van der Waals surface area contributed by atoms with Crippen molar-refractivity contribution in [1.29, 1.82) is 0 Å². The van der Waals surface area contributed by atoms with Crippen LogP contribution in [0.5, 0.6) is 0 Å². The van der Waals surface area contributed by atoms with E-state index < -0.39 is 22.6 Å². The summed E-state index contributed by atoms with van der Waals surface area (Å²) in [6.45, 7) is 2.17. The Balaban J connectivity index is 2.12. The number of rotatable bonds is 6. The van der Waals surface area contributed by atoms with Gasteiger partial charge in [-0.2, -0.15) is 0 Å². The van der Waals surface area contributed by atoms with E-state index in [4.69, 9.17) is 21.2 Å². The molecule has 1 atom stereocenters. The summed E-state index contributed by atoms with van der Waals surface area (Å²) in [5.41, 5.74) is -0.137. The van der Waals surface area contributed by atoms with Gasteiger partial charge in [-0.1, -0.05) is 16.1 Å². The van der Waals surface area contributed by atoms with E-state index in [-0.39, 0.29) is 27.4 Å². The predicted molar refractivity (Wildman–Crippen MR) is 98.7 cm³/mol. The SMILES string of the molecule is CON(C)S(=O)(=O)c1ccc(Cl)c(C(=O)OCC(=O)N2CCCC[C@H]2C)c1. The molecule has 0 N–H and O–H groups in total. The third kappa shape index (κ3) is 4.98. The second kappa shape index (κ2) is 9.01. The zero-order chi connectivity index (χ0) is 20.2. The van der Waals surface area contributed by atoms with Gasteiger partial charge in [-0.3, -0.25) is 9.63 Å². The van der Waals surface area contributed by atoms with Crippen molar-refractivity contribution < 1.29 is 27.6 Å². The van der Waals surface area contributed by atoms with E-state index in [1.807, 2.05) is 6.92 Å². The minimum Gasteiger partial charge on any atom is -0.452 e. The van der Waals surface area contributed by atoms with Gasteiger partial charge in [-0.05, 0) is 44.4 Å². The minimum atomic E-state index is -3.95. The van der Waals surface area contributed by atoms with Crippen LogP contribution in [-0.2, 0) is 24.4 Å². The minimum absolute atomic E-state index is 0.0257. The van der Waals surface area contributed by atoms with Crippen LogP contribution in [0.2, 0.25) is 5.02 Å². The van der Waals surface area contributed by atoms with Crippen LogP contribution in [0.25, 0.3) is 0 Å². The van der Waals surface area contributed by atoms with Crippen molar-refractivity contribution in [1.82, 2.24) is 9.37 Å². The first-order valence-electron chi connectivity index (χ1n) is 8.47.